The van der Waals surface area contributed by atoms with Crippen molar-refractivity contribution in [3.8, 4) is 0 Å². The fraction of sp³-hybridized carbons (Fsp3) is 0.500. The van der Waals surface area contributed by atoms with Crippen molar-refractivity contribution >= 4 is 17.7 Å². The highest BCUT2D eigenvalue weighted by Gasteiger charge is 2.07. The van der Waals surface area contributed by atoms with E-state index in [0.717, 1.165) is 10.6 Å². The third kappa shape index (κ3) is 5.19. The second-order valence-corrected chi connectivity index (χ2v) is 5.11. The molecule has 0 aliphatic rings. The minimum atomic E-state index is -0.512. The average Bonchev–Trinajstić information content (AvgIpc) is 2.26. The standard InChI is InChI=1S/C12H18N2O2S/c1-8(2)14-11(16)7-17-12-6-10(9(3)15)4-5-13-12/h4-6,8-9,15H,7H2,1-3H3,(H,14,16)/t9-/m1/s1. The van der Waals surface area contributed by atoms with Gasteiger partial charge in [-0.2, -0.15) is 0 Å². The largest absolute Gasteiger partial charge is 0.389 e. The second kappa shape index (κ2) is 6.61. The van der Waals surface area contributed by atoms with Gasteiger partial charge in [0.2, 0.25) is 5.91 Å². The normalized spacial score (nSPS) is 12.5. The van der Waals surface area contributed by atoms with Gasteiger partial charge in [0.15, 0.2) is 0 Å². The predicted molar refractivity (Wildman–Crippen MR) is 68.9 cm³/mol. The maximum atomic E-state index is 11.4. The van der Waals surface area contributed by atoms with E-state index in [1.165, 1.54) is 11.8 Å². The van der Waals surface area contributed by atoms with E-state index in [-0.39, 0.29) is 11.9 Å². The summed E-state index contributed by atoms with van der Waals surface area (Å²) < 4.78 is 0. The lowest BCUT2D eigenvalue weighted by molar-refractivity contribution is -0.119. The van der Waals surface area contributed by atoms with E-state index in [4.69, 9.17) is 0 Å². The number of nitrogens with zero attached hydrogens (tertiary/aromatic N) is 1. The summed E-state index contributed by atoms with van der Waals surface area (Å²) in [7, 11) is 0. The van der Waals surface area contributed by atoms with Gasteiger partial charge in [-0.05, 0) is 38.5 Å². The van der Waals surface area contributed by atoms with Crippen LogP contribution in [0.1, 0.15) is 32.4 Å². The molecule has 1 heterocycles. The van der Waals surface area contributed by atoms with E-state index in [2.05, 4.69) is 10.3 Å². The molecular weight excluding hydrogens is 236 g/mol. The molecule has 0 fully saturated rings. The monoisotopic (exact) mass is 254 g/mol. The molecule has 0 saturated carbocycles. The Morgan fingerprint density at radius 1 is 1.53 bits per heavy atom. The first-order valence-corrected chi connectivity index (χ1v) is 6.53. The van der Waals surface area contributed by atoms with Crippen LogP contribution in [0.2, 0.25) is 0 Å². The van der Waals surface area contributed by atoms with Crippen LogP contribution in [0.25, 0.3) is 0 Å². The Bertz CT molecular complexity index is 381. The molecule has 17 heavy (non-hydrogen) atoms. The lowest BCUT2D eigenvalue weighted by atomic mass is 10.2. The van der Waals surface area contributed by atoms with Gasteiger partial charge in [0.25, 0.3) is 0 Å². The number of aromatic nitrogens is 1. The van der Waals surface area contributed by atoms with Gasteiger partial charge in [-0.3, -0.25) is 4.79 Å². The summed E-state index contributed by atoms with van der Waals surface area (Å²) >= 11 is 1.37. The third-order valence-electron chi connectivity index (χ3n) is 2.04. The van der Waals surface area contributed by atoms with Crippen molar-refractivity contribution in [3.63, 3.8) is 0 Å². The highest BCUT2D eigenvalue weighted by atomic mass is 32.2. The van der Waals surface area contributed by atoms with Crippen LogP contribution in [-0.2, 0) is 4.79 Å². The molecule has 0 bridgehead atoms. The fourth-order valence-corrected chi connectivity index (χ4v) is 1.98. The number of hydrogen-bond donors (Lipinski definition) is 2. The molecule has 1 aromatic rings. The minimum absolute atomic E-state index is 0.00532. The Morgan fingerprint density at radius 2 is 2.24 bits per heavy atom. The van der Waals surface area contributed by atoms with Gasteiger partial charge in [-0.1, -0.05) is 11.8 Å². The molecule has 0 aliphatic carbocycles. The zero-order valence-corrected chi connectivity index (χ0v) is 11.1. The van der Waals surface area contributed by atoms with Crippen molar-refractivity contribution in [3.05, 3.63) is 23.9 Å². The highest BCUT2D eigenvalue weighted by molar-refractivity contribution is 7.99. The predicted octanol–water partition coefficient (Wildman–Crippen LogP) is 1.75. The minimum Gasteiger partial charge on any atom is -0.389 e. The Kier molecular flexibility index (Phi) is 5.44. The summed E-state index contributed by atoms with van der Waals surface area (Å²) in [6.45, 7) is 5.55. The molecule has 0 aliphatic heterocycles. The molecule has 0 saturated heterocycles. The second-order valence-electron chi connectivity index (χ2n) is 4.11. The van der Waals surface area contributed by atoms with Crippen molar-refractivity contribution < 1.29 is 9.90 Å². The van der Waals surface area contributed by atoms with Gasteiger partial charge < -0.3 is 10.4 Å². The van der Waals surface area contributed by atoms with Crippen LogP contribution in [0.5, 0.6) is 0 Å². The van der Waals surface area contributed by atoms with Gasteiger partial charge in [0.1, 0.15) is 0 Å². The van der Waals surface area contributed by atoms with Gasteiger partial charge in [-0.25, -0.2) is 4.98 Å². The van der Waals surface area contributed by atoms with E-state index < -0.39 is 6.10 Å². The molecule has 1 aromatic heterocycles. The average molecular weight is 254 g/mol. The first kappa shape index (κ1) is 14.0. The van der Waals surface area contributed by atoms with Crippen molar-refractivity contribution in [1.29, 1.82) is 0 Å². The van der Waals surface area contributed by atoms with E-state index >= 15 is 0 Å². The Morgan fingerprint density at radius 3 is 2.82 bits per heavy atom. The molecule has 0 aromatic carbocycles. The van der Waals surface area contributed by atoms with Gasteiger partial charge in [0.05, 0.1) is 16.9 Å². The number of amides is 1. The summed E-state index contributed by atoms with van der Waals surface area (Å²) in [4.78, 5) is 15.6. The number of aliphatic hydroxyl groups is 1. The number of nitrogens with one attached hydrogen (secondary N) is 1. The van der Waals surface area contributed by atoms with Crippen molar-refractivity contribution in [2.75, 3.05) is 5.75 Å². The van der Waals surface area contributed by atoms with Crippen LogP contribution in [0.4, 0.5) is 0 Å². The zero-order chi connectivity index (χ0) is 12.8. The molecular formula is C12H18N2O2S. The third-order valence-corrected chi connectivity index (χ3v) is 2.97. The van der Waals surface area contributed by atoms with Crippen molar-refractivity contribution in [2.24, 2.45) is 0 Å². The number of pyridine rings is 1. The Hall–Kier alpha value is -1.07. The first-order chi connectivity index (χ1) is 7.99. The van der Waals surface area contributed by atoms with Gasteiger partial charge in [-0.15, -0.1) is 0 Å². The molecule has 0 spiro atoms. The molecule has 0 radical (unpaired) electrons. The molecule has 0 unspecified atom stereocenters. The maximum Gasteiger partial charge on any atom is 0.230 e. The summed E-state index contributed by atoms with van der Waals surface area (Å²) in [5, 5.41) is 13.0. The molecule has 5 heteroatoms. The van der Waals surface area contributed by atoms with Crippen LogP contribution >= 0.6 is 11.8 Å². The van der Waals surface area contributed by atoms with E-state index in [9.17, 15) is 9.90 Å². The van der Waals surface area contributed by atoms with E-state index in [1.807, 2.05) is 13.8 Å². The molecule has 94 valence electrons. The number of carbonyl (C=O) groups excluding carboxylic acids is 1. The number of aliphatic hydroxyl groups excluding tert-OH is 1. The van der Waals surface area contributed by atoms with Gasteiger partial charge >= 0.3 is 0 Å². The lowest BCUT2D eigenvalue weighted by Gasteiger charge is -2.08. The lowest BCUT2D eigenvalue weighted by Crippen LogP contribution is -2.31. The Labute approximate surface area is 106 Å². The van der Waals surface area contributed by atoms with Crippen LogP contribution in [0.15, 0.2) is 23.4 Å². The highest BCUT2D eigenvalue weighted by Crippen LogP contribution is 2.19. The molecule has 2 N–H and O–H groups in total. The fourth-order valence-electron chi connectivity index (χ4n) is 1.27. The summed E-state index contributed by atoms with van der Waals surface area (Å²) in [6.07, 6.45) is 1.13. The van der Waals surface area contributed by atoms with Crippen LogP contribution < -0.4 is 5.32 Å². The van der Waals surface area contributed by atoms with Crippen LogP contribution in [-0.4, -0.2) is 27.8 Å². The smallest absolute Gasteiger partial charge is 0.230 e. The topological polar surface area (TPSA) is 62.2 Å². The number of carbonyl (C=O) groups is 1. The summed E-state index contributed by atoms with van der Waals surface area (Å²) in [5.74, 6) is 0.336. The quantitative estimate of drug-likeness (QED) is 0.786. The first-order valence-electron chi connectivity index (χ1n) is 5.55. The van der Waals surface area contributed by atoms with E-state index in [0.29, 0.717) is 5.75 Å². The molecule has 1 amide bonds. The SMILES string of the molecule is CC(C)NC(=O)CSc1cc([C@@H](C)O)ccn1. The van der Waals surface area contributed by atoms with Crippen LogP contribution in [0.3, 0.4) is 0 Å². The summed E-state index contributed by atoms with van der Waals surface area (Å²) in [6, 6.07) is 3.72. The zero-order valence-electron chi connectivity index (χ0n) is 10.3. The van der Waals surface area contributed by atoms with Crippen LogP contribution in [0, 0.1) is 0 Å². The van der Waals surface area contributed by atoms with Gasteiger partial charge in [0, 0.05) is 12.2 Å². The maximum absolute atomic E-state index is 11.4. The number of hydrogen-bond acceptors (Lipinski definition) is 4. The number of thioether (sulfide) groups is 1. The Balaban J connectivity index is 2.52. The van der Waals surface area contributed by atoms with Crippen molar-refractivity contribution in [2.45, 2.75) is 37.9 Å². The summed E-state index contributed by atoms with van der Waals surface area (Å²) in [5.41, 5.74) is 0.812. The number of rotatable bonds is 5. The van der Waals surface area contributed by atoms with Crippen molar-refractivity contribution in [1.82, 2.24) is 10.3 Å². The van der Waals surface area contributed by atoms with E-state index in [1.54, 1.807) is 25.3 Å². The molecule has 1 atom stereocenters. The molecule has 1 rings (SSSR count). The molecule has 4 nitrogen and oxygen atoms in total.